The number of imidazole rings is 1. The second-order valence-corrected chi connectivity index (χ2v) is 4.66. The monoisotopic (exact) mass is 282 g/mol. The summed E-state index contributed by atoms with van der Waals surface area (Å²) >= 11 is 0. The van der Waals surface area contributed by atoms with E-state index in [9.17, 15) is 8.78 Å². The summed E-state index contributed by atoms with van der Waals surface area (Å²) in [5.74, 6) is 5.22. The Bertz CT molecular complexity index is 700. The third-order valence-electron chi connectivity index (χ3n) is 3.54. The Balaban J connectivity index is 2.16. The quantitative estimate of drug-likeness (QED) is 0.242. The van der Waals surface area contributed by atoms with Gasteiger partial charge in [0, 0.05) is 6.20 Å². The van der Waals surface area contributed by atoms with Crippen molar-refractivity contribution in [2.75, 3.05) is 5.84 Å². The number of amidine groups is 1. The molecule has 0 amide bonds. The molecule has 106 valence electrons. The number of hydrogen-bond acceptors (Lipinski definition) is 5. The predicted octanol–water partition coefficient (Wildman–Crippen LogP) is 0.403. The van der Waals surface area contributed by atoms with Crippen molar-refractivity contribution in [3.8, 4) is 0 Å². The molecule has 1 aliphatic carbocycles. The zero-order chi connectivity index (χ0) is 14.4. The highest BCUT2D eigenvalue weighted by Crippen LogP contribution is 2.41. The van der Waals surface area contributed by atoms with Crippen molar-refractivity contribution < 1.29 is 14.0 Å². The summed E-state index contributed by atoms with van der Waals surface area (Å²) in [5.41, 5.74) is 6.43. The SMILES string of the molecule is NC(=NO)c1ccnc2nc(C3CC(F)C3F)n(N)c12. The minimum absolute atomic E-state index is 0.0284. The fourth-order valence-corrected chi connectivity index (χ4v) is 2.37. The molecule has 0 radical (unpaired) electrons. The molecule has 2 heterocycles. The Morgan fingerprint density at radius 3 is 2.85 bits per heavy atom. The van der Waals surface area contributed by atoms with Crippen LogP contribution in [0.2, 0.25) is 0 Å². The molecule has 0 bridgehead atoms. The van der Waals surface area contributed by atoms with Crippen LogP contribution < -0.4 is 11.6 Å². The van der Waals surface area contributed by atoms with E-state index in [1.54, 1.807) is 0 Å². The van der Waals surface area contributed by atoms with E-state index in [1.165, 1.54) is 12.3 Å². The number of alkyl halides is 2. The number of rotatable bonds is 2. The van der Waals surface area contributed by atoms with E-state index in [4.69, 9.17) is 16.8 Å². The van der Waals surface area contributed by atoms with Crippen molar-refractivity contribution in [2.45, 2.75) is 24.7 Å². The van der Waals surface area contributed by atoms with Gasteiger partial charge < -0.3 is 16.8 Å². The van der Waals surface area contributed by atoms with E-state index in [1.807, 2.05) is 0 Å². The summed E-state index contributed by atoms with van der Waals surface area (Å²) in [6.07, 6.45) is -1.67. The lowest BCUT2D eigenvalue weighted by Gasteiger charge is -2.33. The smallest absolute Gasteiger partial charge is 0.180 e. The molecule has 3 unspecified atom stereocenters. The van der Waals surface area contributed by atoms with Crippen LogP contribution in [0.1, 0.15) is 23.7 Å². The average Bonchev–Trinajstić information content (AvgIpc) is 2.80. The van der Waals surface area contributed by atoms with Crippen LogP contribution in [0.3, 0.4) is 0 Å². The number of nitrogen functional groups attached to an aromatic ring is 1. The van der Waals surface area contributed by atoms with Crippen LogP contribution in [0.5, 0.6) is 0 Å². The minimum Gasteiger partial charge on any atom is -0.409 e. The summed E-state index contributed by atoms with van der Waals surface area (Å²) in [5, 5.41) is 11.7. The van der Waals surface area contributed by atoms with Gasteiger partial charge in [-0.15, -0.1) is 0 Å². The first kappa shape index (κ1) is 12.6. The number of oxime groups is 1. The second kappa shape index (κ2) is 4.29. The van der Waals surface area contributed by atoms with Gasteiger partial charge in [0.1, 0.15) is 23.7 Å². The van der Waals surface area contributed by atoms with E-state index < -0.39 is 18.3 Å². The molecule has 7 nitrogen and oxygen atoms in total. The normalized spacial score (nSPS) is 26.7. The molecular weight excluding hydrogens is 270 g/mol. The molecular formula is C11H12F2N6O. The standard InChI is InChI=1S/C11H12F2N6O/c12-6-3-5(7(6)13)11-17-10-8(19(11)15)4(1-2-16-10)9(14)18-20/h1-2,5-7,20H,3,15H2,(H2,14,18). The van der Waals surface area contributed by atoms with Crippen molar-refractivity contribution in [3.63, 3.8) is 0 Å². The Hall–Kier alpha value is -2.45. The number of nitrogens with two attached hydrogens (primary N) is 2. The van der Waals surface area contributed by atoms with Crippen molar-refractivity contribution in [1.29, 1.82) is 0 Å². The van der Waals surface area contributed by atoms with E-state index in [2.05, 4.69) is 15.1 Å². The number of pyridine rings is 1. The molecule has 20 heavy (non-hydrogen) atoms. The Morgan fingerprint density at radius 2 is 2.25 bits per heavy atom. The maximum Gasteiger partial charge on any atom is 0.180 e. The van der Waals surface area contributed by atoms with Crippen LogP contribution in [0, 0.1) is 0 Å². The van der Waals surface area contributed by atoms with Gasteiger partial charge in [0.25, 0.3) is 0 Å². The first-order valence-corrected chi connectivity index (χ1v) is 5.93. The Labute approximate surface area is 111 Å². The van der Waals surface area contributed by atoms with Gasteiger partial charge >= 0.3 is 0 Å². The first-order valence-electron chi connectivity index (χ1n) is 5.93. The van der Waals surface area contributed by atoms with E-state index in [0.29, 0.717) is 11.1 Å². The van der Waals surface area contributed by atoms with Crippen LogP contribution in [0.15, 0.2) is 17.4 Å². The fourth-order valence-electron chi connectivity index (χ4n) is 2.37. The van der Waals surface area contributed by atoms with Gasteiger partial charge in [-0.3, -0.25) is 0 Å². The van der Waals surface area contributed by atoms with Gasteiger partial charge in [-0.1, -0.05) is 5.16 Å². The van der Waals surface area contributed by atoms with E-state index >= 15 is 0 Å². The minimum atomic E-state index is -1.62. The van der Waals surface area contributed by atoms with Crippen LogP contribution in [0.25, 0.3) is 11.2 Å². The Kier molecular flexibility index (Phi) is 2.70. The lowest BCUT2D eigenvalue weighted by atomic mass is 9.81. The lowest BCUT2D eigenvalue weighted by molar-refractivity contribution is 0.0384. The fraction of sp³-hybridized carbons (Fsp3) is 0.364. The average molecular weight is 282 g/mol. The third kappa shape index (κ3) is 1.59. The van der Waals surface area contributed by atoms with Crippen molar-refractivity contribution >= 4 is 17.0 Å². The first-order chi connectivity index (χ1) is 9.54. The summed E-state index contributed by atoms with van der Waals surface area (Å²) in [6, 6.07) is 1.50. The molecule has 0 saturated heterocycles. The van der Waals surface area contributed by atoms with Crippen molar-refractivity contribution in [1.82, 2.24) is 14.6 Å². The van der Waals surface area contributed by atoms with Gasteiger partial charge in [-0.25, -0.2) is 23.4 Å². The van der Waals surface area contributed by atoms with Gasteiger partial charge in [-0.2, -0.15) is 0 Å². The molecule has 2 aromatic rings. The van der Waals surface area contributed by atoms with Crippen LogP contribution in [0.4, 0.5) is 8.78 Å². The maximum absolute atomic E-state index is 13.5. The molecule has 9 heteroatoms. The lowest BCUT2D eigenvalue weighted by Crippen LogP contribution is -2.40. The van der Waals surface area contributed by atoms with Crippen molar-refractivity contribution in [2.24, 2.45) is 10.9 Å². The molecule has 5 N–H and O–H groups in total. The largest absolute Gasteiger partial charge is 0.409 e. The molecule has 0 aliphatic heterocycles. The molecule has 1 fully saturated rings. The molecule has 3 atom stereocenters. The number of fused-ring (bicyclic) bond motifs is 1. The van der Waals surface area contributed by atoms with Gasteiger partial charge in [0.15, 0.2) is 11.5 Å². The van der Waals surface area contributed by atoms with Crippen LogP contribution in [-0.4, -0.2) is 38.0 Å². The number of halogens is 2. The van der Waals surface area contributed by atoms with Gasteiger partial charge in [0.2, 0.25) is 0 Å². The van der Waals surface area contributed by atoms with Crippen LogP contribution in [-0.2, 0) is 0 Å². The zero-order valence-corrected chi connectivity index (χ0v) is 10.2. The number of nitrogens with zero attached hydrogens (tertiary/aromatic N) is 4. The molecule has 0 aromatic carbocycles. The molecule has 0 spiro atoms. The third-order valence-corrected chi connectivity index (χ3v) is 3.54. The summed E-state index contributed by atoms with van der Waals surface area (Å²) in [4.78, 5) is 8.13. The molecule has 2 aromatic heterocycles. The maximum atomic E-state index is 13.5. The topological polar surface area (TPSA) is 115 Å². The second-order valence-electron chi connectivity index (χ2n) is 4.66. The van der Waals surface area contributed by atoms with E-state index in [-0.39, 0.29) is 23.7 Å². The number of aromatic nitrogens is 3. The van der Waals surface area contributed by atoms with Gasteiger partial charge in [-0.05, 0) is 12.5 Å². The highest BCUT2D eigenvalue weighted by molar-refractivity contribution is 6.06. The van der Waals surface area contributed by atoms with Crippen LogP contribution >= 0.6 is 0 Å². The summed E-state index contributed by atoms with van der Waals surface area (Å²) in [6.45, 7) is 0. The molecule has 1 aliphatic rings. The Morgan fingerprint density at radius 1 is 1.50 bits per heavy atom. The zero-order valence-electron chi connectivity index (χ0n) is 10.2. The highest BCUT2D eigenvalue weighted by atomic mass is 19.2. The summed E-state index contributed by atoms with van der Waals surface area (Å²) in [7, 11) is 0. The molecule has 3 rings (SSSR count). The summed E-state index contributed by atoms with van der Waals surface area (Å²) < 4.78 is 27.6. The highest BCUT2D eigenvalue weighted by Gasteiger charge is 2.45. The predicted molar refractivity (Wildman–Crippen MR) is 67.3 cm³/mol. The van der Waals surface area contributed by atoms with Gasteiger partial charge in [0.05, 0.1) is 11.5 Å². The number of hydrogen-bond donors (Lipinski definition) is 3. The van der Waals surface area contributed by atoms with Crippen molar-refractivity contribution in [3.05, 3.63) is 23.7 Å². The van der Waals surface area contributed by atoms with E-state index in [0.717, 1.165) is 4.68 Å². The molecule has 1 saturated carbocycles.